The Balaban J connectivity index is 1.70. The van der Waals surface area contributed by atoms with Crippen LogP contribution in [0.2, 0.25) is 0 Å². The van der Waals surface area contributed by atoms with Crippen molar-refractivity contribution in [2.45, 2.75) is 51.7 Å². The second-order valence-electron chi connectivity index (χ2n) is 5.83. The van der Waals surface area contributed by atoms with E-state index in [-0.39, 0.29) is 6.10 Å². The molecule has 3 heteroatoms. The van der Waals surface area contributed by atoms with E-state index in [4.69, 9.17) is 0 Å². The van der Waals surface area contributed by atoms with E-state index in [2.05, 4.69) is 23.6 Å². The molecule has 1 N–H and O–H groups in total. The third-order valence-corrected chi connectivity index (χ3v) is 4.69. The van der Waals surface area contributed by atoms with Crippen LogP contribution in [-0.2, 0) is 0 Å². The van der Waals surface area contributed by atoms with Gasteiger partial charge in [-0.3, -0.25) is 4.90 Å². The van der Waals surface area contributed by atoms with Crippen LogP contribution in [0.4, 0.5) is 0 Å². The monoisotopic (exact) mass is 240 g/mol. The summed E-state index contributed by atoms with van der Waals surface area (Å²) in [5, 5.41) is 9.82. The lowest BCUT2D eigenvalue weighted by atomic mass is 10.0. The largest absolute Gasteiger partial charge is 0.393 e. The average molecular weight is 240 g/mol. The highest BCUT2D eigenvalue weighted by Crippen LogP contribution is 2.28. The van der Waals surface area contributed by atoms with Crippen LogP contribution in [0, 0.1) is 5.92 Å². The topological polar surface area (TPSA) is 26.7 Å². The zero-order chi connectivity index (χ0) is 12.3. The molecule has 0 radical (unpaired) electrons. The maximum Gasteiger partial charge on any atom is 0.0568 e. The smallest absolute Gasteiger partial charge is 0.0568 e. The fourth-order valence-electron chi connectivity index (χ4n) is 3.45. The molecule has 1 heterocycles. The standard InChI is InChI=1S/C14H28N2O/c1-3-16-10-9-15(11-12(16)2)8-7-13-5-4-6-14(13)17/h12-14,17H,3-11H2,1-2H3. The van der Waals surface area contributed by atoms with Gasteiger partial charge in [0.1, 0.15) is 0 Å². The Morgan fingerprint density at radius 2 is 2.06 bits per heavy atom. The van der Waals surface area contributed by atoms with Gasteiger partial charge in [0, 0.05) is 25.7 Å². The summed E-state index contributed by atoms with van der Waals surface area (Å²) in [5.74, 6) is 0.578. The molecular formula is C14H28N2O. The summed E-state index contributed by atoms with van der Waals surface area (Å²) in [4.78, 5) is 5.14. The van der Waals surface area contributed by atoms with Crippen molar-refractivity contribution in [3.63, 3.8) is 0 Å². The molecule has 0 bridgehead atoms. The molecule has 1 aliphatic heterocycles. The number of rotatable bonds is 4. The summed E-state index contributed by atoms with van der Waals surface area (Å²) in [6, 6.07) is 0.697. The fourth-order valence-corrected chi connectivity index (χ4v) is 3.45. The fraction of sp³-hybridized carbons (Fsp3) is 1.00. The number of aliphatic hydroxyl groups excluding tert-OH is 1. The minimum atomic E-state index is -0.00986. The van der Waals surface area contributed by atoms with Crippen LogP contribution >= 0.6 is 0 Å². The average Bonchev–Trinajstić information content (AvgIpc) is 2.72. The zero-order valence-corrected chi connectivity index (χ0v) is 11.4. The van der Waals surface area contributed by atoms with Crippen LogP contribution in [0.15, 0.2) is 0 Å². The predicted octanol–water partition coefficient (Wildman–Crippen LogP) is 1.56. The molecule has 100 valence electrons. The van der Waals surface area contributed by atoms with Crippen LogP contribution in [0.5, 0.6) is 0 Å². The number of aliphatic hydroxyl groups is 1. The molecule has 2 aliphatic rings. The first-order chi connectivity index (χ1) is 8.20. The van der Waals surface area contributed by atoms with Crippen molar-refractivity contribution in [1.82, 2.24) is 9.80 Å². The lowest BCUT2D eigenvalue weighted by Crippen LogP contribution is -2.51. The quantitative estimate of drug-likeness (QED) is 0.808. The predicted molar refractivity (Wildman–Crippen MR) is 71.1 cm³/mol. The summed E-state index contributed by atoms with van der Waals surface area (Å²) in [7, 11) is 0. The molecule has 2 rings (SSSR count). The third-order valence-electron chi connectivity index (χ3n) is 4.69. The number of piperazine rings is 1. The molecule has 0 aromatic carbocycles. The first-order valence-corrected chi connectivity index (χ1v) is 7.35. The van der Waals surface area contributed by atoms with Crippen molar-refractivity contribution < 1.29 is 5.11 Å². The first-order valence-electron chi connectivity index (χ1n) is 7.35. The Morgan fingerprint density at radius 3 is 2.65 bits per heavy atom. The molecule has 3 atom stereocenters. The van der Waals surface area contributed by atoms with E-state index in [1.54, 1.807) is 0 Å². The summed E-state index contributed by atoms with van der Waals surface area (Å²) in [5.41, 5.74) is 0. The van der Waals surface area contributed by atoms with E-state index in [0.29, 0.717) is 12.0 Å². The van der Waals surface area contributed by atoms with Gasteiger partial charge in [0.15, 0.2) is 0 Å². The molecule has 0 amide bonds. The SMILES string of the molecule is CCN1CCN(CCC2CCCC2O)CC1C. The maximum atomic E-state index is 9.82. The molecule has 2 fully saturated rings. The van der Waals surface area contributed by atoms with E-state index in [1.807, 2.05) is 0 Å². The second kappa shape index (κ2) is 6.17. The van der Waals surface area contributed by atoms with Gasteiger partial charge in [0.25, 0.3) is 0 Å². The van der Waals surface area contributed by atoms with Crippen LogP contribution < -0.4 is 0 Å². The van der Waals surface area contributed by atoms with Gasteiger partial charge in [-0.15, -0.1) is 0 Å². The molecule has 0 aromatic heterocycles. The van der Waals surface area contributed by atoms with E-state index >= 15 is 0 Å². The third kappa shape index (κ3) is 3.43. The molecule has 1 saturated carbocycles. The summed E-state index contributed by atoms with van der Waals surface area (Å²) in [6.45, 7) is 10.6. The summed E-state index contributed by atoms with van der Waals surface area (Å²) < 4.78 is 0. The van der Waals surface area contributed by atoms with Gasteiger partial charge in [-0.1, -0.05) is 13.3 Å². The Morgan fingerprint density at radius 1 is 1.24 bits per heavy atom. The minimum Gasteiger partial charge on any atom is -0.393 e. The molecule has 1 aliphatic carbocycles. The molecule has 0 aromatic rings. The van der Waals surface area contributed by atoms with Crippen LogP contribution in [0.1, 0.15) is 39.5 Å². The molecule has 17 heavy (non-hydrogen) atoms. The number of hydrogen-bond donors (Lipinski definition) is 1. The molecule has 1 saturated heterocycles. The zero-order valence-electron chi connectivity index (χ0n) is 11.4. The molecule has 0 spiro atoms. The van der Waals surface area contributed by atoms with Gasteiger partial charge in [-0.25, -0.2) is 0 Å². The Kier molecular flexibility index (Phi) is 4.83. The lowest BCUT2D eigenvalue weighted by Gasteiger charge is -2.39. The first kappa shape index (κ1) is 13.3. The van der Waals surface area contributed by atoms with Crippen molar-refractivity contribution in [1.29, 1.82) is 0 Å². The van der Waals surface area contributed by atoms with E-state index in [0.717, 1.165) is 6.42 Å². The lowest BCUT2D eigenvalue weighted by molar-refractivity contribution is 0.0726. The van der Waals surface area contributed by atoms with Gasteiger partial charge >= 0.3 is 0 Å². The van der Waals surface area contributed by atoms with Crippen molar-refractivity contribution in [3.05, 3.63) is 0 Å². The summed E-state index contributed by atoms with van der Waals surface area (Å²) >= 11 is 0. The van der Waals surface area contributed by atoms with Crippen LogP contribution in [0.3, 0.4) is 0 Å². The minimum absolute atomic E-state index is 0.00986. The van der Waals surface area contributed by atoms with Crippen molar-refractivity contribution in [2.75, 3.05) is 32.7 Å². The second-order valence-corrected chi connectivity index (χ2v) is 5.83. The van der Waals surface area contributed by atoms with Crippen molar-refractivity contribution in [3.8, 4) is 0 Å². The Hall–Kier alpha value is -0.120. The van der Waals surface area contributed by atoms with E-state index < -0.39 is 0 Å². The highest BCUT2D eigenvalue weighted by atomic mass is 16.3. The maximum absolute atomic E-state index is 9.82. The molecule has 3 nitrogen and oxygen atoms in total. The Labute approximate surface area is 106 Å². The van der Waals surface area contributed by atoms with Crippen molar-refractivity contribution in [2.24, 2.45) is 5.92 Å². The Bertz CT molecular complexity index is 234. The van der Waals surface area contributed by atoms with Crippen LogP contribution in [-0.4, -0.2) is 59.8 Å². The summed E-state index contributed by atoms with van der Waals surface area (Å²) in [6.07, 6.45) is 4.69. The van der Waals surface area contributed by atoms with Crippen molar-refractivity contribution >= 4 is 0 Å². The van der Waals surface area contributed by atoms with E-state index in [1.165, 1.54) is 52.0 Å². The number of hydrogen-bond acceptors (Lipinski definition) is 3. The highest BCUT2D eigenvalue weighted by Gasteiger charge is 2.27. The molecular weight excluding hydrogens is 212 g/mol. The normalized spacial score (nSPS) is 36.5. The number of nitrogens with zero attached hydrogens (tertiary/aromatic N) is 2. The van der Waals surface area contributed by atoms with Gasteiger partial charge < -0.3 is 10.0 Å². The van der Waals surface area contributed by atoms with Gasteiger partial charge in [0.2, 0.25) is 0 Å². The highest BCUT2D eigenvalue weighted by molar-refractivity contribution is 4.81. The molecule has 3 unspecified atom stereocenters. The van der Waals surface area contributed by atoms with Crippen LogP contribution in [0.25, 0.3) is 0 Å². The number of likely N-dealkylation sites (N-methyl/N-ethyl adjacent to an activating group) is 1. The van der Waals surface area contributed by atoms with E-state index in [9.17, 15) is 5.11 Å². The van der Waals surface area contributed by atoms with Gasteiger partial charge in [0.05, 0.1) is 6.10 Å². The van der Waals surface area contributed by atoms with Gasteiger partial charge in [-0.05, 0) is 45.2 Å². The van der Waals surface area contributed by atoms with Gasteiger partial charge in [-0.2, -0.15) is 0 Å².